The van der Waals surface area contributed by atoms with E-state index in [2.05, 4.69) is 4.98 Å². The lowest BCUT2D eigenvalue weighted by Gasteiger charge is -2.07. The van der Waals surface area contributed by atoms with Crippen molar-refractivity contribution < 1.29 is 9.84 Å². The lowest BCUT2D eigenvalue weighted by atomic mass is 10.2. The summed E-state index contributed by atoms with van der Waals surface area (Å²) in [5, 5.41) is 9.86. The fourth-order valence-corrected chi connectivity index (χ4v) is 2.28. The minimum atomic E-state index is 0.154. The molecule has 0 aliphatic rings. The van der Waals surface area contributed by atoms with Gasteiger partial charge in [-0.15, -0.1) is 0 Å². The van der Waals surface area contributed by atoms with E-state index in [4.69, 9.17) is 16.3 Å². The molecule has 4 nitrogen and oxygen atoms in total. The SMILES string of the molecule is COc1ccccc1-c1nc(Cl)c2cc(O)ccn12. The van der Waals surface area contributed by atoms with E-state index in [0.717, 1.165) is 11.3 Å². The minimum absolute atomic E-state index is 0.154. The van der Waals surface area contributed by atoms with Crippen molar-refractivity contribution in [2.75, 3.05) is 7.11 Å². The maximum atomic E-state index is 9.51. The molecule has 0 saturated heterocycles. The van der Waals surface area contributed by atoms with Gasteiger partial charge in [-0.2, -0.15) is 0 Å². The van der Waals surface area contributed by atoms with Gasteiger partial charge in [0.1, 0.15) is 17.3 Å². The largest absolute Gasteiger partial charge is 0.508 e. The highest BCUT2D eigenvalue weighted by Crippen LogP contribution is 2.32. The third kappa shape index (κ3) is 1.90. The summed E-state index contributed by atoms with van der Waals surface area (Å²) >= 11 is 6.11. The number of rotatable bonds is 2. The van der Waals surface area contributed by atoms with E-state index in [-0.39, 0.29) is 5.75 Å². The molecule has 2 aromatic heterocycles. The first kappa shape index (κ1) is 11.9. The number of halogens is 1. The third-order valence-corrected chi connectivity index (χ3v) is 3.21. The molecule has 1 N–H and O–H groups in total. The number of hydrogen-bond acceptors (Lipinski definition) is 3. The molecule has 0 radical (unpaired) electrons. The van der Waals surface area contributed by atoms with Crippen LogP contribution in [0, 0.1) is 0 Å². The van der Waals surface area contributed by atoms with Gasteiger partial charge in [0.05, 0.1) is 18.2 Å². The monoisotopic (exact) mass is 274 g/mol. The smallest absolute Gasteiger partial charge is 0.155 e. The average Bonchev–Trinajstić information content (AvgIpc) is 2.75. The van der Waals surface area contributed by atoms with Crippen molar-refractivity contribution in [3.05, 3.63) is 47.7 Å². The maximum Gasteiger partial charge on any atom is 0.155 e. The summed E-state index contributed by atoms with van der Waals surface area (Å²) in [7, 11) is 1.61. The molecule has 0 atom stereocenters. The van der Waals surface area contributed by atoms with Crippen LogP contribution >= 0.6 is 11.6 Å². The second-order valence-electron chi connectivity index (χ2n) is 4.07. The molecule has 2 heterocycles. The van der Waals surface area contributed by atoms with Gasteiger partial charge in [-0.25, -0.2) is 4.98 Å². The molecule has 0 aliphatic heterocycles. The van der Waals surface area contributed by atoms with E-state index >= 15 is 0 Å². The molecule has 3 rings (SSSR count). The van der Waals surface area contributed by atoms with E-state index in [0.29, 0.717) is 16.5 Å². The second kappa shape index (κ2) is 4.48. The number of methoxy groups -OCH3 is 1. The normalized spacial score (nSPS) is 10.8. The number of aromatic hydroxyl groups is 1. The zero-order valence-electron chi connectivity index (χ0n) is 10.2. The number of pyridine rings is 1. The molecule has 0 fully saturated rings. The standard InChI is InChI=1S/C14H11ClN2O2/c1-19-12-5-3-2-4-10(12)14-16-13(15)11-8-9(18)6-7-17(11)14/h2-8,18H,1H3. The molecule has 0 spiro atoms. The first-order chi connectivity index (χ1) is 9.20. The lowest BCUT2D eigenvalue weighted by molar-refractivity contribution is 0.416. The average molecular weight is 275 g/mol. The van der Waals surface area contributed by atoms with Crippen molar-refractivity contribution >= 4 is 17.1 Å². The number of ether oxygens (including phenoxy) is 1. The number of hydrogen-bond donors (Lipinski definition) is 1. The van der Waals surface area contributed by atoms with Gasteiger partial charge in [0.15, 0.2) is 5.15 Å². The van der Waals surface area contributed by atoms with Crippen LogP contribution in [0.15, 0.2) is 42.6 Å². The third-order valence-electron chi connectivity index (χ3n) is 2.93. The molecular weight excluding hydrogens is 264 g/mol. The Labute approximate surface area is 114 Å². The van der Waals surface area contributed by atoms with Gasteiger partial charge in [-0.05, 0) is 18.2 Å². The van der Waals surface area contributed by atoms with Crippen molar-refractivity contribution in [2.45, 2.75) is 0 Å². The van der Waals surface area contributed by atoms with Crippen LogP contribution in [0.2, 0.25) is 5.15 Å². The topological polar surface area (TPSA) is 46.8 Å². The van der Waals surface area contributed by atoms with Crippen LogP contribution in [-0.2, 0) is 0 Å². The van der Waals surface area contributed by atoms with E-state index in [1.807, 2.05) is 28.7 Å². The van der Waals surface area contributed by atoms with Crippen molar-refractivity contribution in [1.29, 1.82) is 0 Å². The Balaban J connectivity index is 2.31. The van der Waals surface area contributed by atoms with Crippen LogP contribution in [0.5, 0.6) is 11.5 Å². The quantitative estimate of drug-likeness (QED) is 0.779. The number of aromatic nitrogens is 2. The number of para-hydroxylation sites is 1. The van der Waals surface area contributed by atoms with Crippen LogP contribution in [0.3, 0.4) is 0 Å². The Hall–Kier alpha value is -2.20. The minimum Gasteiger partial charge on any atom is -0.508 e. The van der Waals surface area contributed by atoms with Crippen molar-refractivity contribution in [3.8, 4) is 22.9 Å². The number of benzene rings is 1. The second-order valence-corrected chi connectivity index (χ2v) is 4.42. The molecule has 3 aromatic rings. The molecule has 0 unspecified atom stereocenters. The maximum absolute atomic E-state index is 9.51. The Kier molecular flexibility index (Phi) is 2.80. The summed E-state index contributed by atoms with van der Waals surface area (Å²) in [5.74, 6) is 1.55. The first-order valence-corrected chi connectivity index (χ1v) is 6.08. The summed E-state index contributed by atoms with van der Waals surface area (Å²) in [4.78, 5) is 4.35. The van der Waals surface area contributed by atoms with E-state index in [1.54, 1.807) is 25.4 Å². The fraction of sp³-hybridized carbons (Fsp3) is 0.0714. The highest BCUT2D eigenvalue weighted by atomic mass is 35.5. The van der Waals surface area contributed by atoms with E-state index in [9.17, 15) is 5.11 Å². The van der Waals surface area contributed by atoms with Gasteiger partial charge in [-0.3, -0.25) is 4.40 Å². The van der Waals surface area contributed by atoms with Crippen LogP contribution in [0.4, 0.5) is 0 Å². The van der Waals surface area contributed by atoms with Crippen molar-refractivity contribution in [1.82, 2.24) is 9.38 Å². The molecule has 5 heteroatoms. The molecule has 96 valence electrons. The highest BCUT2D eigenvalue weighted by Gasteiger charge is 2.14. The predicted molar refractivity (Wildman–Crippen MR) is 73.9 cm³/mol. The van der Waals surface area contributed by atoms with Crippen LogP contribution in [-0.4, -0.2) is 21.6 Å². The van der Waals surface area contributed by atoms with Crippen molar-refractivity contribution in [2.24, 2.45) is 0 Å². The van der Waals surface area contributed by atoms with Gasteiger partial charge in [0, 0.05) is 12.3 Å². The van der Waals surface area contributed by atoms with E-state index in [1.165, 1.54) is 0 Å². The van der Waals surface area contributed by atoms with Crippen LogP contribution in [0.1, 0.15) is 0 Å². The summed E-state index contributed by atoms with van der Waals surface area (Å²) in [5.41, 5.74) is 1.50. The van der Waals surface area contributed by atoms with Gasteiger partial charge in [0.25, 0.3) is 0 Å². The zero-order valence-corrected chi connectivity index (χ0v) is 10.9. The predicted octanol–water partition coefficient (Wildman–Crippen LogP) is 3.37. The van der Waals surface area contributed by atoms with Gasteiger partial charge in [-0.1, -0.05) is 23.7 Å². The molecule has 1 aromatic carbocycles. The fourth-order valence-electron chi connectivity index (χ4n) is 2.06. The summed E-state index contributed by atoms with van der Waals surface area (Å²) in [6.45, 7) is 0. The summed E-state index contributed by atoms with van der Waals surface area (Å²) < 4.78 is 7.16. The van der Waals surface area contributed by atoms with Crippen LogP contribution < -0.4 is 4.74 Å². The van der Waals surface area contributed by atoms with Crippen molar-refractivity contribution in [3.63, 3.8) is 0 Å². The molecule has 0 bridgehead atoms. The highest BCUT2D eigenvalue weighted by molar-refractivity contribution is 6.33. The van der Waals surface area contributed by atoms with Gasteiger partial charge in [0.2, 0.25) is 0 Å². The Bertz CT molecular complexity index is 752. The van der Waals surface area contributed by atoms with Crippen LogP contribution in [0.25, 0.3) is 16.9 Å². The Morgan fingerprint density at radius 3 is 2.84 bits per heavy atom. The molecule has 0 saturated carbocycles. The summed E-state index contributed by atoms with van der Waals surface area (Å²) in [6, 6.07) is 10.7. The Morgan fingerprint density at radius 2 is 2.05 bits per heavy atom. The molecular formula is C14H11ClN2O2. The number of imidazole rings is 1. The lowest BCUT2D eigenvalue weighted by Crippen LogP contribution is -1.92. The first-order valence-electron chi connectivity index (χ1n) is 5.70. The number of nitrogens with zero attached hydrogens (tertiary/aromatic N) is 2. The van der Waals surface area contributed by atoms with Gasteiger partial charge >= 0.3 is 0 Å². The molecule has 0 amide bonds. The van der Waals surface area contributed by atoms with E-state index < -0.39 is 0 Å². The molecule has 0 aliphatic carbocycles. The van der Waals surface area contributed by atoms with Gasteiger partial charge < -0.3 is 9.84 Å². The number of fused-ring (bicyclic) bond motifs is 1. The molecule has 19 heavy (non-hydrogen) atoms. The summed E-state index contributed by atoms with van der Waals surface area (Å²) in [6.07, 6.45) is 1.73. The Morgan fingerprint density at radius 1 is 1.26 bits per heavy atom. The zero-order chi connectivity index (χ0) is 13.4.